The Morgan fingerprint density at radius 3 is 2.33 bits per heavy atom. The molecule has 0 radical (unpaired) electrons. The zero-order chi connectivity index (χ0) is 18.2. The molecule has 10 heteroatoms. The van der Waals surface area contributed by atoms with Gasteiger partial charge in [0.1, 0.15) is 0 Å². The molecular weight excluding hydrogens is 347 g/mol. The van der Waals surface area contributed by atoms with Crippen molar-refractivity contribution in [3.63, 3.8) is 0 Å². The predicted molar refractivity (Wildman–Crippen MR) is 82.0 cm³/mol. The van der Waals surface area contributed by atoms with Gasteiger partial charge in [-0.05, 0) is 42.6 Å². The zero-order valence-corrected chi connectivity index (χ0v) is 13.6. The third-order valence-electron chi connectivity index (χ3n) is 3.31. The molecule has 1 N–H and O–H groups in total. The quantitative estimate of drug-likeness (QED) is 0.312. The number of alkyl halides is 3. The number of aliphatic hydroxyl groups is 1. The van der Waals surface area contributed by atoms with Crippen molar-refractivity contribution in [3.05, 3.63) is 40.3 Å². The minimum absolute atomic E-state index is 0.246. The summed E-state index contributed by atoms with van der Waals surface area (Å²) in [5.74, 6) is -0.547. The van der Waals surface area contributed by atoms with Gasteiger partial charge in [-0.15, -0.1) is 0 Å². The number of hydrogen-bond acceptors (Lipinski definition) is 4. The molecule has 24 heavy (non-hydrogen) atoms. The van der Waals surface area contributed by atoms with Gasteiger partial charge in [0.05, 0.1) is 22.3 Å². The average molecular weight is 365 g/mol. The minimum atomic E-state index is -4.53. The fourth-order valence-electron chi connectivity index (χ4n) is 2.07. The number of nitrogens with zero attached hydrogens (tertiary/aromatic N) is 3. The lowest BCUT2D eigenvalue weighted by molar-refractivity contribution is -0.137. The fraction of sp³-hybridized carbons (Fsp3) is 0.571. The molecule has 0 spiro atoms. The lowest BCUT2D eigenvalue weighted by atomic mass is 10.1. The standard InChI is InChI=1S/C14H18F3N3O3S/c15-14(16,17)11-5-7-13(8-6-11)24(22,23)10-12(21)4-2-1-3-9-19-20-18/h5-8,12,21H,1-4,9-10H2. The van der Waals surface area contributed by atoms with Crippen molar-refractivity contribution in [2.75, 3.05) is 12.3 Å². The summed E-state index contributed by atoms with van der Waals surface area (Å²) in [6.07, 6.45) is -3.51. The Kier molecular flexibility index (Phi) is 7.53. The largest absolute Gasteiger partial charge is 0.416 e. The van der Waals surface area contributed by atoms with Crippen LogP contribution in [0.1, 0.15) is 31.2 Å². The first-order chi connectivity index (χ1) is 11.2. The number of hydrogen-bond donors (Lipinski definition) is 1. The van der Waals surface area contributed by atoms with Crippen LogP contribution in [0.25, 0.3) is 10.4 Å². The van der Waals surface area contributed by atoms with Gasteiger partial charge in [0.2, 0.25) is 0 Å². The highest BCUT2D eigenvalue weighted by molar-refractivity contribution is 7.91. The molecule has 1 unspecified atom stereocenters. The van der Waals surface area contributed by atoms with Crippen molar-refractivity contribution in [2.24, 2.45) is 5.11 Å². The maximum absolute atomic E-state index is 12.5. The summed E-state index contributed by atoms with van der Waals surface area (Å²) in [5, 5.41) is 13.1. The van der Waals surface area contributed by atoms with Crippen LogP contribution in [0.15, 0.2) is 34.3 Å². The Morgan fingerprint density at radius 1 is 1.17 bits per heavy atom. The summed E-state index contributed by atoms with van der Waals surface area (Å²) in [4.78, 5) is 2.35. The molecule has 0 aliphatic carbocycles. The van der Waals surface area contributed by atoms with Crippen molar-refractivity contribution < 1.29 is 26.7 Å². The average Bonchev–Trinajstić information content (AvgIpc) is 2.49. The predicted octanol–water partition coefficient (Wildman–Crippen LogP) is 3.71. The first kappa shape index (κ1) is 20.3. The maximum Gasteiger partial charge on any atom is 0.416 e. The molecule has 0 saturated heterocycles. The van der Waals surface area contributed by atoms with E-state index in [1.807, 2.05) is 0 Å². The van der Waals surface area contributed by atoms with Gasteiger partial charge < -0.3 is 5.11 Å². The molecule has 0 amide bonds. The number of benzene rings is 1. The number of aliphatic hydroxyl groups excluding tert-OH is 1. The lowest BCUT2D eigenvalue weighted by Crippen LogP contribution is -2.21. The van der Waals surface area contributed by atoms with Crippen molar-refractivity contribution in [1.29, 1.82) is 0 Å². The molecule has 1 aromatic carbocycles. The monoisotopic (exact) mass is 365 g/mol. The zero-order valence-electron chi connectivity index (χ0n) is 12.8. The Labute approximate surface area is 137 Å². The van der Waals surface area contributed by atoms with Gasteiger partial charge in [-0.25, -0.2) is 8.42 Å². The Morgan fingerprint density at radius 2 is 1.79 bits per heavy atom. The molecule has 0 heterocycles. The molecule has 1 rings (SSSR count). The van der Waals surface area contributed by atoms with Gasteiger partial charge in [-0.2, -0.15) is 13.2 Å². The van der Waals surface area contributed by atoms with E-state index in [1.54, 1.807) is 0 Å². The molecule has 0 aliphatic heterocycles. The second kappa shape index (κ2) is 8.91. The molecule has 1 aromatic rings. The Bertz CT molecular complexity index is 669. The summed E-state index contributed by atoms with van der Waals surface area (Å²) < 4.78 is 61.5. The fourth-order valence-corrected chi connectivity index (χ4v) is 3.48. The van der Waals surface area contributed by atoms with E-state index in [0.29, 0.717) is 37.9 Å². The van der Waals surface area contributed by atoms with Crippen LogP contribution in [-0.2, 0) is 16.0 Å². The third-order valence-corrected chi connectivity index (χ3v) is 5.13. The van der Waals surface area contributed by atoms with Crippen LogP contribution in [0, 0.1) is 0 Å². The summed E-state index contributed by atoms with van der Waals surface area (Å²) in [7, 11) is -3.86. The van der Waals surface area contributed by atoms with Crippen molar-refractivity contribution in [3.8, 4) is 0 Å². The van der Waals surface area contributed by atoms with E-state index < -0.39 is 33.4 Å². The van der Waals surface area contributed by atoms with Crippen LogP contribution in [0.2, 0.25) is 0 Å². The van der Waals surface area contributed by atoms with Crippen LogP contribution in [0.4, 0.5) is 13.2 Å². The van der Waals surface area contributed by atoms with Crippen LogP contribution in [-0.4, -0.2) is 31.9 Å². The van der Waals surface area contributed by atoms with Crippen LogP contribution >= 0.6 is 0 Å². The SMILES string of the molecule is [N-]=[N+]=NCCCCCC(O)CS(=O)(=O)c1ccc(C(F)(F)F)cc1. The lowest BCUT2D eigenvalue weighted by Gasteiger charge is -2.12. The van der Waals surface area contributed by atoms with Crippen molar-refractivity contribution in [2.45, 2.75) is 42.9 Å². The molecule has 6 nitrogen and oxygen atoms in total. The number of sulfone groups is 1. The molecule has 0 aromatic heterocycles. The second-order valence-electron chi connectivity index (χ2n) is 5.26. The van der Waals surface area contributed by atoms with Crippen LogP contribution < -0.4 is 0 Å². The summed E-state index contributed by atoms with van der Waals surface area (Å²) in [6.45, 7) is 0.344. The molecule has 0 aliphatic rings. The second-order valence-corrected chi connectivity index (χ2v) is 7.30. The van der Waals surface area contributed by atoms with Gasteiger partial charge >= 0.3 is 6.18 Å². The van der Waals surface area contributed by atoms with E-state index >= 15 is 0 Å². The van der Waals surface area contributed by atoms with E-state index in [-0.39, 0.29) is 11.3 Å². The molecular formula is C14H18F3N3O3S. The topological polar surface area (TPSA) is 103 Å². The van der Waals surface area contributed by atoms with Crippen LogP contribution in [0.3, 0.4) is 0 Å². The highest BCUT2D eigenvalue weighted by Crippen LogP contribution is 2.30. The highest BCUT2D eigenvalue weighted by Gasteiger charge is 2.30. The Hall–Kier alpha value is -1.77. The van der Waals surface area contributed by atoms with Crippen molar-refractivity contribution in [1.82, 2.24) is 0 Å². The van der Waals surface area contributed by atoms with Gasteiger partial charge in [0.25, 0.3) is 0 Å². The molecule has 0 fully saturated rings. The first-order valence-corrected chi connectivity index (χ1v) is 8.91. The number of unbranched alkanes of at least 4 members (excludes halogenated alkanes) is 2. The number of halogens is 3. The van der Waals surface area contributed by atoms with Gasteiger partial charge in [-0.1, -0.05) is 18.0 Å². The van der Waals surface area contributed by atoms with Gasteiger partial charge in [-0.3, -0.25) is 0 Å². The number of azide groups is 1. The van der Waals surface area contributed by atoms with E-state index in [2.05, 4.69) is 10.0 Å². The molecule has 0 bridgehead atoms. The summed E-state index contributed by atoms with van der Waals surface area (Å²) in [5.41, 5.74) is 7.17. The summed E-state index contributed by atoms with van der Waals surface area (Å²) >= 11 is 0. The first-order valence-electron chi connectivity index (χ1n) is 7.26. The third kappa shape index (κ3) is 6.77. The van der Waals surface area contributed by atoms with Gasteiger partial charge in [0.15, 0.2) is 9.84 Å². The molecule has 134 valence electrons. The summed E-state index contributed by atoms with van der Waals surface area (Å²) in [6, 6.07) is 3.19. The Balaban J connectivity index is 2.54. The maximum atomic E-state index is 12.5. The van der Waals surface area contributed by atoms with E-state index in [4.69, 9.17) is 5.53 Å². The highest BCUT2D eigenvalue weighted by atomic mass is 32.2. The van der Waals surface area contributed by atoms with Crippen molar-refractivity contribution >= 4 is 9.84 Å². The van der Waals surface area contributed by atoms with Gasteiger partial charge in [0, 0.05) is 11.5 Å². The molecule has 0 saturated carbocycles. The van der Waals surface area contributed by atoms with E-state index in [9.17, 15) is 26.7 Å². The smallest absolute Gasteiger partial charge is 0.392 e. The van der Waals surface area contributed by atoms with Crippen LogP contribution in [0.5, 0.6) is 0 Å². The normalized spacial score (nSPS) is 13.3. The van der Waals surface area contributed by atoms with E-state index in [1.165, 1.54) is 0 Å². The minimum Gasteiger partial charge on any atom is -0.392 e. The number of rotatable bonds is 9. The van der Waals surface area contributed by atoms with E-state index in [0.717, 1.165) is 12.1 Å². The molecule has 1 atom stereocenters.